The van der Waals surface area contributed by atoms with Crippen LogP contribution in [0.1, 0.15) is 17.2 Å². The molecule has 0 saturated heterocycles. The summed E-state index contributed by atoms with van der Waals surface area (Å²) in [5.74, 6) is -1.25. The molecule has 1 heterocycles. The van der Waals surface area contributed by atoms with Crippen molar-refractivity contribution in [3.63, 3.8) is 0 Å². The third-order valence-corrected chi connectivity index (χ3v) is 3.17. The van der Waals surface area contributed by atoms with Gasteiger partial charge in [-0.05, 0) is 31.3 Å². The Morgan fingerprint density at radius 1 is 1.48 bits per heavy atom. The van der Waals surface area contributed by atoms with Crippen molar-refractivity contribution >= 4 is 5.97 Å². The fraction of sp³-hybridized carbons (Fsp3) is 0.267. The fourth-order valence-corrected chi connectivity index (χ4v) is 2.24. The molecule has 0 fully saturated rings. The zero-order chi connectivity index (χ0) is 15.4. The smallest absolute Gasteiger partial charge is 0.325 e. The highest BCUT2D eigenvalue weighted by molar-refractivity contribution is 5.76. The maximum atomic E-state index is 13.5. The Bertz CT molecular complexity index is 612. The number of nitrogens with zero attached hydrogens (tertiary/aromatic N) is 1. The molecule has 6 heteroatoms. The monoisotopic (exact) mass is 293 g/mol. The van der Waals surface area contributed by atoms with Crippen LogP contribution in [0.4, 0.5) is 4.39 Å². The quantitative estimate of drug-likeness (QED) is 0.887. The van der Waals surface area contributed by atoms with Crippen molar-refractivity contribution in [3.8, 4) is 5.75 Å². The first-order chi connectivity index (χ1) is 10.0. The zero-order valence-corrected chi connectivity index (χ0v) is 11.7. The molecular formula is C15H16FNO4. The second kappa shape index (κ2) is 6.41. The molecule has 0 radical (unpaired) electrons. The van der Waals surface area contributed by atoms with Gasteiger partial charge in [-0.2, -0.15) is 0 Å². The summed E-state index contributed by atoms with van der Waals surface area (Å²) in [6, 6.07) is 4.57. The van der Waals surface area contributed by atoms with Crippen molar-refractivity contribution < 1.29 is 23.4 Å². The Balaban J connectivity index is 2.34. The Kier molecular flexibility index (Phi) is 4.59. The zero-order valence-electron chi connectivity index (χ0n) is 11.7. The van der Waals surface area contributed by atoms with Crippen molar-refractivity contribution in [2.75, 3.05) is 14.2 Å². The minimum atomic E-state index is -1.08. The van der Waals surface area contributed by atoms with E-state index < -0.39 is 17.8 Å². The summed E-state index contributed by atoms with van der Waals surface area (Å²) >= 11 is 0. The third-order valence-electron chi connectivity index (χ3n) is 3.17. The number of furan rings is 1. The molecule has 1 N–H and O–H groups in total. The van der Waals surface area contributed by atoms with E-state index in [-0.39, 0.29) is 5.56 Å². The van der Waals surface area contributed by atoms with Crippen LogP contribution in [0.5, 0.6) is 5.75 Å². The van der Waals surface area contributed by atoms with E-state index in [9.17, 15) is 14.3 Å². The Labute approximate surface area is 121 Å². The van der Waals surface area contributed by atoms with E-state index in [0.29, 0.717) is 12.3 Å². The van der Waals surface area contributed by atoms with E-state index in [2.05, 4.69) is 0 Å². The number of carboxylic acids is 1. The molecular weight excluding hydrogens is 277 g/mol. The number of rotatable bonds is 6. The number of carbonyl (C=O) groups is 1. The molecule has 21 heavy (non-hydrogen) atoms. The number of aliphatic carboxylic acids is 1. The number of halogens is 1. The summed E-state index contributed by atoms with van der Waals surface area (Å²) in [6.07, 6.45) is 3.06. The largest absolute Gasteiger partial charge is 0.496 e. The molecule has 0 bridgehead atoms. The number of likely N-dealkylation sites (N-methyl/N-ethyl adjacent to an activating group) is 1. The maximum absolute atomic E-state index is 13.5. The van der Waals surface area contributed by atoms with Crippen molar-refractivity contribution in [2.45, 2.75) is 12.6 Å². The van der Waals surface area contributed by atoms with Gasteiger partial charge >= 0.3 is 5.97 Å². The van der Waals surface area contributed by atoms with Gasteiger partial charge in [-0.15, -0.1) is 0 Å². The molecule has 1 aromatic carbocycles. The number of hydrogen-bond donors (Lipinski definition) is 1. The molecule has 0 aliphatic carbocycles. The van der Waals surface area contributed by atoms with Crippen LogP contribution >= 0.6 is 0 Å². The van der Waals surface area contributed by atoms with Gasteiger partial charge in [-0.3, -0.25) is 9.69 Å². The lowest BCUT2D eigenvalue weighted by Crippen LogP contribution is -2.30. The number of hydrogen-bond acceptors (Lipinski definition) is 4. The molecule has 5 nitrogen and oxygen atoms in total. The molecule has 1 unspecified atom stereocenters. The minimum absolute atomic E-state index is 0.274. The van der Waals surface area contributed by atoms with Gasteiger partial charge in [0.25, 0.3) is 0 Å². The van der Waals surface area contributed by atoms with Crippen LogP contribution in [0.3, 0.4) is 0 Å². The van der Waals surface area contributed by atoms with E-state index in [0.717, 1.165) is 5.56 Å². The van der Waals surface area contributed by atoms with Gasteiger partial charge in [0, 0.05) is 17.7 Å². The van der Waals surface area contributed by atoms with Gasteiger partial charge in [-0.1, -0.05) is 0 Å². The second-order valence-corrected chi connectivity index (χ2v) is 4.67. The van der Waals surface area contributed by atoms with Gasteiger partial charge in [0.15, 0.2) is 0 Å². The van der Waals surface area contributed by atoms with Crippen LogP contribution in [0.15, 0.2) is 41.2 Å². The molecule has 0 amide bonds. The predicted molar refractivity (Wildman–Crippen MR) is 73.5 cm³/mol. The van der Waals surface area contributed by atoms with Crippen molar-refractivity contribution in [1.82, 2.24) is 4.90 Å². The minimum Gasteiger partial charge on any atom is -0.496 e. The molecule has 2 aromatic rings. The summed E-state index contributed by atoms with van der Waals surface area (Å²) in [5.41, 5.74) is 1.11. The van der Waals surface area contributed by atoms with E-state index in [4.69, 9.17) is 9.15 Å². The first-order valence-electron chi connectivity index (χ1n) is 6.30. The summed E-state index contributed by atoms with van der Waals surface area (Å²) in [7, 11) is 3.07. The van der Waals surface area contributed by atoms with Crippen molar-refractivity contribution in [3.05, 3.63) is 53.7 Å². The van der Waals surface area contributed by atoms with Crippen LogP contribution in [-0.2, 0) is 11.3 Å². The number of carboxylic acid groups (broad SMARTS) is 1. The second-order valence-electron chi connectivity index (χ2n) is 4.67. The molecule has 0 aliphatic heterocycles. The first-order valence-corrected chi connectivity index (χ1v) is 6.30. The molecule has 1 aromatic heterocycles. The lowest BCUT2D eigenvalue weighted by molar-refractivity contribution is -0.143. The molecule has 0 aliphatic rings. The average molecular weight is 293 g/mol. The third kappa shape index (κ3) is 3.41. The average Bonchev–Trinajstić information content (AvgIpc) is 2.91. The van der Waals surface area contributed by atoms with Crippen LogP contribution in [0.25, 0.3) is 0 Å². The molecule has 0 spiro atoms. The SMILES string of the molecule is COc1ccc(F)cc1C(C(=O)O)N(C)Cc1ccoc1. The molecule has 2 rings (SSSR count). The van der Waals surface area contributed by atoms with Gasteiger partial charge in [0.1, 0.15) is 17.6 Å². The Morgan fingerprint density at radius 2 is 2.24 bits per heavy atom. The van der Waals surface area contributed by atoms with Gasteiger partial charge in [0.05, 0.1) is 19.6 Å². The van der Waals surface area contributed by atoms with E-state index in [1.165, 1.54) is 37.8 Å². The van der Waals surface area contributed by atoms with Crippen LogP contribution in [0.2, 0.25) is 0 Å². The highest BCUT2D eigenvalue weighted by atomic mass is 19.1. The van der Waals surface area contributed by atoms with E-state index >= 15 is 0 Å². The van der Waals surface area contributed by atoms with Crippen molar-refractivity contribution in [1.29, 1.82) is 0 Å². The number of methoxy groups -OCH3 is 1. The maximum Gasteiger partial charge on any atom is 0.325 e. The Hall–Kier alpha value is -2.34. The van der Waals surface area contributed by atoms with Crippen LogP contribution in [0, 0.1) is 5.82 Å². The van der Waals surface area contributed by atoms with Gasteiger partial charge < -0.3 is 14.3 Å². The summed E-state index contributed by atoms with van der Waals surface area (Å²) in [5, 5.41) is 9.49. The lowest BCUT2D eigenvalue weighted by atomic mass is 10.0. The highest BCUT2D eigenvalue weighted by Gasteiger charge is 2.28. The van der Waals surface area contributed by atoms with E-state index in [1.807, 2.05) is 0 Å². The summed E-state index contributed by atoms with van der Waals surface area (Å²) in [4.78, 5) is 13.2. The van der Waals surface area contributed by atoms with Gasteiger partial charge in [0.2, 0.25) is 0 Å². The molecule has 112 valence electrons. The fourth-order valence-electron chi connectivity index (χ4n) is 2.24. The first kappa shape index (κ1) is 15.1. The Morgan fingerprint density at radius 3 is 2.81 bits per heavy atom. The van der Waals surface area contributed by atoms with Crippen LogP contribution in [-0.4, -0.2) is 30.1 Å². The summed E-state index contributed by atoms with van der Waals surface area (Å²) < 4.78 is 23.6. The van der Waals surface area contributed by atoms with Crippen LogP contribution < -0.4 is 4.74 Å². The van der Waals surface area contributed by atoms with E-state index in [1.54, 1.807) is 18.0 Å². The number of benzene rings is 1. The molecule has 1 atom stereocenters. The van der Waals surface area contributed by atoms with Crippen molar-refractivity contribution in [2.24, 2.45) is 0 Å². The predicted octanol–water partition coefficient (Wildman–Crippen LogP) is 2.69. The standard InChI is InChI=1S/C15H16FNO4/c1-17(8-10-5-6-21-9-10)14(15(18)19)12-7-11(16)3-4-13(12)20-2/h3-7,9,14H,8H2,1-2H3,(H,18,19). The summed E-state index contributed by atoms with van der Waals surface area (Å²) in [6.45, 7) is 0.354. The topological polar surface area (TPSA) is 62.9 Å². The highest BCUT2D eigenvalue weighted by Crippen LogP contribution is 2.30. The normalized spacial score (nSPS) is 12.4. The number of ether oxygens (including phenoxy) is 1. The lowest BCUT2D eigenvalue weighted by Gasteiger charge is -2.25. The molecule has 0 saturated carbocycles. The van der Waals surface area contributed by atoms with Gasteiger partial charge in [-0.25, -0.2) is 4.39 Å².